The number of imidazole rings is 3. The van der Waals surface area contributed by atoms with Gasteiger partial charge in [-0.15, -0.1) is 46.4 Å². The van der Waals surface area contributed by atoms with E-state index in [0.29, 0.717) is 52.8 Å². The van der Waals surface area contributed by atoms with E-state index in [0.717, 1.165) is 94.7 Å². The first-order valence-electron chi connectivity index (χ1n) is 26.8. The molecule has 11 heterocycles. The van der Waals surface area contributed by atoms with Crippen LogP contribution in [0.5, 0.6) is 0 Å². The minimum atomic E-state index is -0.275. The molecule has 29 heteroatoms. The van der Waals surface area contributed by atoms with Crippen LogP contribution in [-0.4, -0.2) is 107 Å². The molecule has 3 aromatic carbocycles. The number of nitrogens with zero attached hydrogens (tertiary/aromatic N) is 13. The summed E-state index contributed by atoms with van der Waals surface area (Å²) in [7, 11) is 0. The summed E-state index contributed by atoms with van der Waals surface area (Å²) in [4.78, 5) is 44.0. The van der Waals surface area contributed by atoms with Crippen LogP contribution < -0.4 is 26.6 Å². The number of aromatic nitrogens is 12. The smallest absolute Gasteiger partial charge is 0.228 e. The third-order valence-corrected chi connectivity index (χ3v) is 17.1. The van der Waals surface area contributed by atoms with Gasteiger partial charge in [-0.2, -0.15) is 9.97 Å². The van der Waals surface area contributed by atoms with E-state index in [-0.39, 0.29) is 53.1 Å². The molecule has 9 aromatic heterocycles. The van der Waals surface area contributed by atoms with Crippen LogP contribution in [-0.2, 0) is 0 Å². The normalized spacial score (nSPS) is 14.3. The first-order chi connectivity index (χ1) is 41.5. The number of hydrogen-bond donors (Lipinski definition) is 6. The Kier molecular flexibility index (Phi) is 21.6. The molecule has 0 amide bonds. The molecule has 14 rings (SSSR count). The Morgan fingerprint density at radius 2 is 1.03 bits per heavy atom. The molecule has 7 N–H and O–H groups in total. The number of fused-ring (bicyclic) bond motifs is 3. The van der Waals surface area contributed by atoms with E-state index in [1.54, 1.807) is 111 Å². The molecule has 452 valence electrons. The van der Waals surface area contributed by atoms with Gasteiger partial charge in [0.15, 0.2) is 16.8 Å². The molecule has 0 bridgehead atoms. The van der Waals surface area contributed by atoms with Crippen LogP contribution in [0, 0.1) is 38.2 Å². The monoisotopic (exact) mass is 1320 g/mol. The molecule has 87 heavy (non-hydrogen) atoms. The number of halogens is 7. The highest BCUT2D eigenvalue weighted by Gasteiger charge is 2.27. The number of benzene rings is 3. The summed E-state index contributed by atoms with van der Waals surface area (Å²) >= 11 is 22.3. The Labute approximate surface area is 530 Å². The van der Waals surface area contributed by atoms with Crippen LogP contribution in [0.1, 0.15) is 40.3 Å². The zero-order valence-corrected chi connectivity index (χ0v) is 52.2. The largest absolute Gasteiger partial charge is 0.395 e. The van der Waals surface area contributed by atoms with E-state index in [1.165, 1.54) is 42.8 Å². The number of aliphatic hydroxyl groups excluding tert-OH is 2. The van der Waals surface area contributed by atoms with Crippen LogP contribution in [0.3, 0.4) is 0 Å². The van der Waals surface area contributed by atoms with Crippen molar-refractivity contribution in [1.29, 1.82) is 0 Å². The van der Waals surface area contributed by atoms with Crippen molar-refractivity contribution in [3.63, 3.8) is 0 Å². The topological polar surface area (TPSA) is 237 Å². The summed E-state index contributed by atoms with van der Waals surface area (Å²) < 4.78 is 46.9. The molecular formula is C58H56Cl4F3N17O2S3. The lowest BCUT2D eigenvalue weighted by Gasteiger charge is -2.23. The van der Waals surface area contributed by atoms with Gasteiger partial charge in [0.1, 0.15) is 53.9 Å². The highest BCUT2D eigenvalue weighted by Crippen LogP contribution is 2.36. The van der Waals surface area contributed by atoms with Crippen LogP contribution >= 0.6 is 81.2 Å². The van der Waals surface area contributed by atoms with E-state index < -0.39 is 0 Å². The van der Waals surface area contributed by atoms with Gasteiger partial charge in [0.2, 0.25) is 16.5 Å². The fourth-order valence-electron chi connectivity index (χ4n) is 9.16. The Bertz CT molecular complexity index is 4220. The van der Waals surface area contributed by atoms with Gasteiger partial charge in [0.25, 0.3) is 0 Å². The summed E-state index contributed by atoms with van der Waals surface area (Å²) in [6, 6.07) is 25.0. The number of aryl methyl sites for hydroxylation is 3. The zero-order valence-electron chi connectivity index (χ0n) is 46.6. The van der Waals surface area contributed by atoms with Gasteiger partial charge in [0.05, 0.1) is 68.5 Å². The summed E-state index contributed by atoms with van der Waals surface area (Å²) in [6.07, 6.45) is 14.6. The molecule has 0 spiro atoms. The van der Waals surface area contributed by atoms with Gasteiger partial charge in [0, 0.05) is 44.3 Å². The highest BCUT2D eigenvalue weighted by atomic mass is 35.5. The second-order valence-electron chi connectivity index (χ2n) is 19.6. The molecule has 2 aliphatic rings. The van der Waals surface area contributed by atoms with Crippen molar-refractivity contribution in [1.82, 2.24) is 63.9 Å². The van der Waals surface area contributed by atoms with Gasteiger partial charge in [-0.1, -0.05) is 11.6 Å². The molecule has 12 aromatic rings. The Balaban J connectivity index is 0.000000140. The number of hydrogen-bond acceptors (Lipinski definition) is 19. The van der Waals surface area contributed by atoms with Crippen molar-refractivity contribution in [2.45, 2.75) is 58.5 Å². The van der Waals surface area contributed by atoms with Gasteiger partial charge >= 0.3 is 0 Å². The van der Waals surface area contributed by atoms with Gasteiger partial charge < -0.3 is 50.5 Å². The van der Waals surface area contributed by atoms with Crippen molar-refractivity contribution < 1.29 is 23.4 Å². The Morgan fingerprint density at radius 1 is 0.575 bits per heavy atom. The lowest BCUT2D eigenvalue weighted by molar-refractivity contribution is 0.255. The van der Waals surface area contributed by atoms with Crippen LogP contribution in [0.25, 0.3) is 47.7 Å². The van der Waals surface area contributed by atoms with Crippen LogP contribution in [0.15, 0.2) is 129 Å². The van der Waals surface area contributed by atoms with E-state index >= 15 is 0 Å². The maximum absolute atomic E-state index is 13.2. The van der Waals surface area contributed by atoms with Gasteiger partial charge in [-0.25, -0.2) is 48.1 Å². The molecular weight excluding hydrogens is 1260 g/mol. The number of aliphatic hydroxyl groups is 2. The zero-order chi connectivity index (χ0) is 60.4. The number of nitrogens with one attached hydrogen (secondary N) is 3. The highest BCUT2D eigenvalue weighted by molar-refractivity contribution is 7.20. The molecule has 2 aliphatic heterocycles. The number of thiophene rings is 3. The quantitative estimate of drug-likeness (QED) is 0.0551. The molecule has 2 atom stereocenters. The molecule has 0 unspecified atom stereocenters. The van der Waals surface area contributed by atoms with Crippen LogP contribution in [0.4, 0.5) is 48.2 Å². The second-order valence-corrected chi connectivity index (χ2v) is 24.4. The molecule has 0 saturated carbocycles. The lowest BCUT2D eigenvalue weighted by Crippen LogP contribution is -2.33. The number of nitrogen functional groups attached to an aromatic ring is 1. The average molecular weight is 1320 g/mol. The average Bonchev–Trinajstić information content (AvgIpc) is 2.37. The van der Waals surface area contributed by atoms with E-state index in [9.17, 15) is 18.3 Å². The Hall–Kier alpha value is -7.56. The maximum Gasteiger partial charge on any atom is 0.228 e. The van der Waals surface area contributed by atoms with Crippen molar-refractivity contribution in [2.75, 3.05) is 47.6 Å². The molecule has 0 aliphatic carbocycles. The fourth-order valence-corrected chi connectivity index (χ4v) is 12.5. The van der Waals surface area contributed by atoms with Crippen molar-refractivity contribution in [3.05, 3.63) is 176 Å². The number of anilines is 6. The van der Waals surface area contributed by atoms with Gasteiger partial charge in [-0.3, -0.25) is 0 Å². The molecule has 19 nitrogen and oxygen atoms in total. The summed E-state index contributed by atoms with van der Waals surface area (Å²) in [5.41, 5.74) is 10.4. The number of nitrogens with two attached hydrogens (primary N) is 1. The third kappa shape index (κ3) is 16.5. The second kappa shape index (κ2) is 29.4. The molecule has 2 fully saturated rings. The molecule has 0 radical (unpaired) electrons. The fraction of sp³-hybridized carbons (Fsp3) is 0.224. The minimum absolute atomic E-state index is 0. The first kappa shape index (κ1) is 63.9. The standard InChI is InChI=1S/C21H21FN6OS.C16H11ClFN5S.C9H8FN3.C7H4Cl2N2S.C5H11NO.ClH/c1-13-9-17-19(30-13)20(26-21(24-17)28-8-2-3-16(28)11-29)25-18-10-27(12-23-18)15-6-4-14(22)5-7-15;1-9-6-12-14(24-9)15(22-16(17)20-12)21-13-7-23(8-19-13)11-4-2-10(18)3-5-11;10-7-1-3-8(4-2-7)13-5-9(11)12-6-13;1-3-2-4-5(12-3)6(8)11-7(9)10-4;7-4-5-2-1-3-6-5;/h4-7,9-10,12,16,29H,2-3,8,11H2,1H3,(H,24,25,26);2-8H,1H3,(H,20,21,22);1-6H,11H2;2H,1H3;5-7H,1-4H2;1H/t16-;;;;5-;/m0...0./s1. The van der Waals surface area contributed by atoms with Crippen molar-refractivity contribution in [3.8, 4) is 17.1 Å². The van der Waals surface area contributed by atoms with E-state index in [2.05, 4.69) is 61.8 Å². The Morgan fingerprint density at radius 3 is 1.49 bits per heavy atom. The summed E-state index contributed by atoms with van der Waals surface area (Å²) in [6.45, 7) is 8.37. The van der Waals surface area contributed by atoms with Crippen LogP contribution in [0.2, 0.25) is 15.7 Å². The summed E-state index contributed by atoms with van der Waals surface area (Å²) in [5, 5.41) is 28.7. The molecule has 2 saturated heterocycles. The SMILES string of the molecule is Cc1cc2nc(Cl)nc(Cl)c2s1.Cc1cc2nc(Cl)nc(Nc3cn(-c4ccc(F)cc4)cn3)c2s1.Cc1cc2nc(N3CCC[C@H]3CO)nc(Nc3cn(-c4ccc(F)cc4)cn3)c2s1.Cl.Nc1cn(-c2ccc(F)cc2)cn1.OC[C@@H]1CCCN1. The minimum Gasteiger partial charge on any atom is -0.395 e. The van der Waals surface area contributed by atoms with Gasteiger partial charge in [-0.05, 0) is 167 Å². The van der Waals surface area contributed by atoms with Crippen molar-refractivity contribution >= 4 is 147 Å². The first-order valence-corrected chi connectivity index (χ1v) is 30.3. The predicted molar refractivity (Wildman–Crippen MR) is 346 cm³/mol. The number of rotatable bonds is 10. The lowest BCUT2D eigenvalue weighted by atomic mass is 10.2. The van der Waals surface area contributed by atoms with Crippen molar-refractivity contribution in [2.24, 2.45) is 0 Å². The maximum atomic E-state index is 13.2. The third-order valence-electron chi connectivity index (χ3n) is 13.2. The predicted octanol–water partition coefficient (Wildman–Crippen LogP) is 13.8. The van der Waals surface area contributed by atoms with E-state index in [4.69, 9.17) is 55.6 Å². The summed E-state index contributed by atoms with van der Waals surface area (Å²) in [5.74, 6) is 2.83. The van der Waals surface area contributed by atoms with E-state index in [1.807, 2.05) is 43.7 Å².